The van der Waals surface area contributed by atoms with Gasteiger partial charge in [0.05, 0.1) is 31.1 Å². The number of anilines is 1. The van der Waals surface area contributed by atoms with E-state index in [0.717, 1.165) is 28.3 Å². The second-order valence-corrected chi connectivity index (χ2v) is 9.14. The van der Waals surface area contributed by atoms with Crippen LogP contribution in [0.3, 0.4) is 0 Å². The number of hydrogen-bond donors (Lipinski definition) is 1. The highest BCUT2D eigenvalue weighted by Gasteiger charge is 2.32. The summed E-state index contributed by atoms with van der Waals surface area (Å²) in [7, 11) is 3.64. The Bertz CT molecular complexity index is 1550. The fourth-order valence-electron chi connectivity index (χ4n) is 4.98. The zero-order chi connectivity index (χ0) is 25.5. The first-order chi connectivity index (χ1) is 18.0. The van der Waals surface area contributed by atoms with Crippen molar-refractivity contribution < 1.29 is 19.4 Å². The van der Waals surface area contributed by atoms with E-state index in [-0.39, 0.29) is 23.4 Å². The summed E-state index contributed by atoms with van der Waals surface area (Å²) in [6.07, 6.45) is 5.05. The van der Waals surface area contributed by atoms with Gasteiger partial charge in [0.15, 0.2) is 5.65 Å². The molecule has 1 fully saturated rings. The van der Waals surface area contributed by atoms with Crippen LogP contribution in [0.1, 0.15) is 22.0 Å². The predicted octanol–water partition coefficient (Wildman–Crippen LogP) is 3.62. The molecule has 0 saturated carbocycles. The molecule has 2 aromatic heterocycles. The molecular formula is C27H26N6O4. The summed E-state index contributed by atoms with van der Waals surface area (Å²) >= 11 is 0. The molecular weight excluding hydrogens is 472 g/mol. The monoisotopic (exact) mass is 498 g/mol. The van der Waals surface area contributed by atoms with Crippen molar-refractivity contribution in [1.82, 2.24) is 24.1 Å². The van der Waals surface area contributed by atoms with Crippen molar-refractivity contribution in [3.63, 3.8) is 0 Å². The summed E-state index contributed by atoms with van der Waals surface area (Å²) in [5, 5.41) is 14.1. The Kier molecular flexibility index (Phi) is 5.82. The lowest BCUT2D eigenvalue weighted by atomic mass is 10.1. The average molecular weight is 499 g/mol. The van der Waals surface area contributed by atoms with Crippen molar-refractivity contribution in [2.45, 2.75) is 18.7 Å². The third kappa shape index (κ3) is 4.00. The Morgan fingerprint density at radius 2 is 2.00 bits per heavy atom. The van der Waals surface area contributed by atoms with Crippen LogP contribution >= 0.6 is 0 Å². The van der Waals surface area contributed by atoms with Crippen LogP contribution < -0.4 is 4.90 Å². The van der Waals surface area contributed by atoms with Crippen LogP contribution in [0, 0.1) is 0 Å². The largest absolute Gasteiger partial charge is 0.477 e. The molecule has 1 unspecified atom stereocenters. The van der Waals surface area contributed by atoms with Crippen molar-refractivity contribution in [3.05, 3.63) is 78.2 Å². The molecule has 0 amide bonds. The lowest BCUT2D eigenvalue weighted by Gasteiger charge is -2.22. The molecule has 37 heavy (non-hydrogen) atoms. The maximum Gasteiger partial charge on any atom is 0.341 e. The van der Waals surface area contributed by atoms with Crippen LogP contribution in [0.15, 0.2) is 67.1 Å². The first-order valence-corrected chi connectivity index (χ1v) is 12.0. The summed E-state index contributed by atoms with van der Waals surface area (Å²) in [6.45, 7) is 1.69. The number of carboxylic acid groups (broad SMARTS) is 1. The molecule has 1 aromatic carbocycles. The minimum absolute atomic E-state index is 0.00731. The molecule has 1 N–H and O–H groups in total. The molecule has 0 bridgehead atoms. The second-order valence-electron chi connectivity index (χ2n) is 9.14. The van der Waals surface area contributed by atoms with Crippen molar-refractivity contribution in [3.8, 4) is 22.6 Å². The van der Waals surface area contributed by atoms with Gasteiger partial charge in [-0.05, 0) is 17.7 Å². The van der Waals surface area contributed by atoms with Crippen LogP contribution in [-0.4, -0.2) is 68.7 Å². The number of aromatic nitrogens is 5. The third-order valence-corrected chi connectivity index (χ3v) is 6.87. The molecule has 3 aliphatic rings. The number of ether oxygens (including phenoxy) is 2. The van der Waals surface area contributed by atoms with E-state index < -0.39 is 5.97 Å². The second kappa shape index (κ2) is 9.30. The third-order valence-electron chi connectivity index (χ3n) is 6.87. The summed E-state index contributed by atoms with van der Waals surface area (Å²) < 4.78 is 15.0. The first kappa shape index (κ1) is 23.1. The molecule has 188 valence electrons. The van der Waals surface area contributed by atoms with Gasteiger partial charge < -0.3 is 24.0 Å². The predicted molar refractivity (Wildman–Crippen MR) is 137 cm³/mol. The topological polar surface area (TPSA) is 107 Å². The number of benzene rings is 1. The van der Waals surface area contributed by atoms with Gasteiger partial charge in [0.25, 0.3) is 0 Å². The van der Waals surface area contributed by atoms with Gasteiger partial charge in [-0.2, -0.15) is 9.61 Å². The number of rotatable bonds is 7. The Morgan fingerprint density at radius 1 is 1.16 bits per heavy atom. The highest BCUT2D eigenvalue weighted by atomic mass is 16.5. The zero-order valence-electron chi connectivity index (χ0n) is 20.5. The standard InChI is InChI=1S/C27H26N6O4/c1-31(14-17-7-4-3-5-8-17)24-11-21(30-26-20(27(34)35)13-29-33(24)26)19-12-28-25-18(19)9-6-10-32(25)22-15-37-16-23(22)36-2/h3-13,22-23H,14-16H2,1-2H3,(H,34,35)/t22?,23-/m0/s1. The van der Waals surface area contributed by atoms with Gasteiger partial charge in [-0.1, -0.05) is 30.3 Å². The number of nitrogens with zero attached hydrogens (tertiary/aromatic N) is 6. The Morgan fingerprint density at radius 3 is 2.78 bits per heavy atom. The highest BCUT2D eigenvalue weighted by molar-refractivity contribution is 5.95. The normalized spacial score (nSPS) is 17.6. The average Bonchev–Trinajstić information content (AvgIpc) is 3.66. The van der Waals surface area contributed by atoms with Crippen LogP contribution in [0.5, 0.6) is 0 Å². The molecule has 3 aromatic rings. The van der Waals surface area contributed by atoms with Gasteiger partial charge in [0.2, 0.25) is 0 Å². The van der Waals surface area contributed by atoms with E-state index in [1.807, 2.05) is 54.5 Å². The van der Waals surface area contributed by atoms with Crippen molar-refractivity contribution in [1.29, 1.82) is 0 Å². The molecule has 6 rings (SSSR count). The van der Waals surface area contributed by atoms with E-state index in [1.54, 1.807) is 17.8 Å². The maximum atomic E-state index is 12.0. The van der Waals surface area contributed by atoms with E-state index >= 15 is 0 Å². The van der Waals surface area contributed by atoms with Crippen LogP contribution in [0.25, 0.3) is 28.3 Å². The van der Waals surface area contributed by atoms with E-state index in [0.29, 0.717) is 25.5 Å². The van der Waals surface area contributed by atoms with E-state index in [2.05, 4.69) is 21.8 Å². The molecule has 0 radical (unpaired) electrons. The minimum Gasteiger partial charge on any atom is -0.477 e. The van der Waals surface area contributed by atoms with Crippen LogP contribution in [0.4, 0.5) is 5.82 Å². The molecule has 10 nitrogen and oxygen atoms in total. The first-order valence-electron chi connectivity index (χ1n) is 12.0. The Balaban J connectivity index is 1.46. The van der Waals surface area contributed by atoms with Crippen LogP contribution in [0.2, 0.25) is 0 Å². The maximum absolute atomic E-state index is 12.0. The smallest absolute Gasteiger partial charge is 0.341 e. The van der Waals surface area contributed by atoms with Gasteiger partial charge in [-0.25, -0.2) is 14.8 Å². The van der Waals surface area contributed by atoms with Gasteiger partial charge in [0.1, 0.15) is 23.3 Å². The molecule has 5 heterocycles. The SMILES string of the molecule is CO[C@H]1COCC1n1cccc2c(-c3cc(N(C)Cc4ccccc4)n4ncc(C(=O)O)c4n3)cnc1-2. The number of carboxylic acids is 1. The quantitative estimate of drug-likeness (QED) is 0.363. The lowest BCUT2D eigenvalue weighted by Crippen LogP contribution is -2.25. The van der Waals surface area contributed by atoms with E-state index in [4.69, 9.17) is 19.4 Å². The molecule has 1 saturated heterocycles. The highest BCUT2D eigenvalue weighted by Crippen LogP contribution is 2.37. The summed E-state index contributed by atoms with van der Waals surface area (Å²) in [6, 6.07) is 16.0. The van der Waals surface area contributed by atoms with Crippen LogP contribution in [-0.2, 0) is 16.0 Å². The number of carbonyl (C=O) groups is 1. The summed E-state index contributed by atoms with van der Waals surface area (Å²) in [5.41, 5.74) is 3.79. The molecule has 2 atom stereocenters. The van der Waals surface area contributed by atoms with E-state index in [9.17, 15) is 9.90 Å². The lowest BCUT2D eigenvalue weighted by molar-refractivity contribution is 0.0686. The van der Waals surface area contributed by atoms with E-state index in [1.165, 1.54) is 6.20 Å². The van der Waals surface area contributed by atoms with Gasteiger partial charge in [0, 0.05) is 50.3 Å². The number of methoxy groups -OCH3 is 1. The Labute approximate surface area is 213 Å². The number of pyridine rings is 1. The zero-order valence-corrected chi connectivity index (χ0v) is 20.5. The van der Waals surface area contributed by atoms with Crippen molar-refractivity contribution in [2.75, 3.05) is 32.3 Å². The van der Waals surface area contributed by atoms with Gasteiger partial charge in [-0.3, -0.25) is 0 Å². The fourth-order valence-corrected chi connectivity index (χ4v) is 4.98. The number of fused-ring (bicyclic) bond motifs is 2. The van der Waals surface area contributed by atoms with Crippen molar-refractivity contribution in [2.24, 2.45) is 0 Å². The molecule has 0 spiro atoms. The number of aromatic carboxylic acids is 1. The summed E-state index contributed by atoms with van der Waals surface area (Å²) in [5.74, 6) is 0.438. The molecule has 10 heteroatoms. The molecule has 0 aliphatic carbocycles. The fraction of sp³-hybridized carbons (Fsp3) is 0.259. The van der Waals surface area contributed by atoms with Gasteiger partial charge >= 0.3 is 5.97 Å². The Hall–Kier alpha value is -4.28. The van der Waals surface area contributed by atoms with Gasteiger partial charge in [-0.15, -0.1) is 0 Å². The number of hydrogen-bond acceptors (Lipinski definition) is 7. The minimum atomic E-state index is -1.08. The summed E-state index contributed by atoms with van der Waals surface area (Å²) in [4.78, 5) is 23.5. The van der Waals surface area contributed by atoms with Crippen molar-refractivity contribution >= 4 is 17.4 Å². The molecule has 3 aliphatic heterocycles.